The minimum Gasteiger partial charge on any atom is -0.388 e. The monoisotopic (exact) mass is 274 g/mol. The van der Waals surface area contributed by atoms with Crippen LogP contribution in [-0.2, 0) is 9.84 Å². The molecule has 1 unspecified atom stereocenters. The summed E-state index contributed by atoms with van der Waals surface area (Å²) >= 11 is 0. The summed E-state index contributed by atoms with van der Waals surface area (Å²) in [5.74, 6) is -0.279. The van der Waals surface area contributed by atoms with Crippen molar-refractivity contribution in [3.8, 4) is 0 Å². The fourth-order valence-corrected chi connectivity index (χ4v) is 2.62. The number of aliphatic hydroxyl groups excluding tert-OH is 1. The molecule has 0 aliphatic rings. The van der Waals surface area contributed by atoms with Crippen molar-refractivity contribution in [1.29, 1.82) is 0 Å². The Morgan fingerprint density at radius 1 is 1.39 bits per heavy atom. The molecule has 0 radical (unpaired) electrons. The number of aryl methyl sites for hydroxylation is 1. The average Bonchev–Trinajstić information content (AvgIpc) is 2.32. The number of rotatable bonds is 6. The summed E-state index contributed by atoms with van der Waals surface area (Å²) in [5, 5.41) is 9.86. The molecule has 0 fully saturated rings. The maximum Gasteiger partial charge on any atom is 0.150 e. The molecule has 0 heterocycles. The van der Waals surface area contributed by atoms with E-state index in [4.69, 9.17) is 0 Å². The van der Waals surface area contributed by atoms with Gasteiger partial charge in [-0.05, 0) is 25.3 Å². The first-order chi connectivity index (χ1) is 8.37. The lowest BCUT2D eigenvalue weighted by Gasteiger charge is -2.12. The molecular formula is C13H19FO3S. The molecule has 1 N–H and O–H groups in total. The summed E-state index contributed by atoms with van der Waals surface area (Å²) in [6.45, 7) is 3.22. The van der Waals surface area contributed by atoms with E-state index >= 15 is 0 Å². The lowest BCUT2D eigenvalue weighted by molar-refractivity contribution is 0.162. The summed E-state index contributed by atoms with van der Waals surface area (Å²) in [6, 6.07) is 4.84. The average molecular weight is 274 g/mol. The van der Waals surface area contributed by atoms with Crippen LogP contribution in [0.5, 0.6) is 0 Å². The van der Waals surface area contributed by atoms with Gasteiger partial charge in [0, 0.05) is 11.3 Å². The third-order valence-corrected chi connectivity index (χ3v) is 4.74. The summed E-state index contributed by atoms with van der Waals surface area (Å²) in [7, 11) is -3.02. The Balaban J connectivity index is 2.61. The Kier molecular flexibility index (Phi) is 5.28. The van der Waals surface area contributed by atoms with Crippen LogP contribution in [0, 0.1) is 12.7 Å². The topological polar surface area (TPSA) is 54.4 Å². The van der Waals surface area contributed by atoms with E-state index in [9.17, 15) is 17.9 Å². The first kappa shape index (κ1) is 15.1. The number of sulfone groups is 1. The highest BCUT2D eigenvalue weighted by Crippen LogP contribution is 2.23. The van der Waals surface area contributed by atoms with Gasteiger partial charge in [0.25, 0.3) is 0 Å². The molecule has 0 bridgehead atoms. The van der Waals surface area contributed by atoms with Crippen molar-refractivity contribution in [2.75, 3.05) is 11.5 Å². The van der Waals surface area contributed by atoms with Crippen molar-refractivity contribution in [1.82, 2.24) is 0 Å². The first-order valence-electron chi connectivity index (χ1n) is 6.01. The number of hydrogen-bond donors (Lipinski definition) is 1. The van der Waals surface area contributed by atoms with E-state index in [0.29, 0.717) is 12.0 Å². The largest absolute Gasteiger partial charge is 0.388 e. The zero-order chi connectivity index (χ0) is 13.8. The summed E-state index contributed by atoms with van der Waals surface area (Å²) < 4.78 is 36.3. The van der Waals surface area contributed by atoms with Crippen molar-refractivity contribution in [2.45, 2.75) is 32.8 Å². The number of hydrogen-bond acceptors (Lipinski definition) is 3. The molecule has 1 rings (SSSR count). The van der Waals surface area contributed by atoms with E-state index in [1.165, 1.54) is 6.07 Å². The first-order valence-corrected chi connectivity index (χ1v) is 7.83. The van der Waals surface area contributed by atoms with Gasteiger partial charge in [0.2, 0.25) is 0 Å². The molecule has 0 aliphatic heterocycles. The highest BCUT2D eigenvalue weighted by molar-refractivity contribution is 7.91. The van der Waals surface area contributed by atoms with Crippen LogP contribution in [0.25, 0.3) is 0 Å². The predicted molar refractivity (Wildman–Crippen MR) is 69.7 cm³/mol. The van der Waals surface area contributed by atoms with E-state index in [1.807, 2.05) is 0 Å². The van der Waals surface area contributed by atoms with Gasteiger partial charge in [-0.15, -0.1) is 0 Å². The van der Waals surface area contributed by atoms with E-state index in [0.717, 1.165) is 0 Å². The Morgan fingerprint density at radius 3 is 2.67 bits per heavy atom. The fraction of sp³-hybridized carbons (Fsp3) is 0.538. The normalized spacial score (nSPS) is 13.6. The molecule has 0 aliphatic carbocycles. The van der Waals surface area contributed by atoms with Crippen LogP contribution in [0.15, 0.2) is 18.2 Å². The van der Waals surface area contributed by atoms with Crippen LogP contribution < -0.4 is 0 Å². The molecule has 0 aromatic heterocycles. The smallest absolute Gasteiger partial charge is 0.150 e. The van der Waals surface area contributed by atoms with Crippen molar-refractivity contribution in [3.63, 3.8) is 0 Å². The van der Waals surface area contributed by atoms with Crippen molar-refractivity contribution in [2.24, 2.45) is 0 Å². The molecule has 0 saturated heterocycles. The minimum atomic E-state index is -3.02. The number of aliphatic hydroxyl groups is 1. The molecule has 0 saturated carbocycles. The van der Waals surface area contributed by atoms with Gasteiger partial charge in [-0.2, -0.15) is 0 Å². The second-order valence-corrected chi connectivity index (χ2v) is 6.85. The molecule has 18 heavy (non-hydrogen) atoms. The lowest BCUT2D eigenvalue weighted by atomic mass is 10.0. The number of halogens is 1. The summed E-state index contributed by atoms with van der Waals surface area (Å²) in [4.78, 5) is 0. The van der Waals surface area contributed by atoms with Gasteiger partial charge >= 0.3 is 0 Å². The van der Waals surface area contributed by atoms with Crippen molar-refractivity contribution >= 4 is 9.84 Å². The molecule has 0 spiro atoms. The second-order valence-electron chi connectivity index (χ2n) is 4.37. The maximum absolute atomic E-state index is 13.7. The van der Waals surface area contributed by atoms with Gasteiger partial charge in [-0.1, -0.05) is 25.1 Å². The third kappa shape index (κ3) is 4.07. The Labute approximate surface area is 108 Å². The van der Waals surface area contributed by atoms with Gasteiger partial charge in [0.15, 0.2) is 0 Å². The zero-order valence-corrected chi connectivity index (χ0v) is 11.5. The van der Waals surface area contributed by atoms with Gasteiger partial charge < -0.3 is 5.11 Å². The standard InChI is InChI=1S/C13H19FO3S/c1-3-18(16,17)9-5-8-12(15)11-7-4-6-10(2)13(11)14/h4,6-7,12,15H,3,5,8-9H2,1-2H3. The zero-order valence-electron chi connectivity index (χ0n) is 10.7. The molecule has 0 amide bonds. The molecule has 1 atom stereocenters. The van der Waals surface area contributed by atoms with Crippen LogP contribution in [0.3, 0.4) is 0 Å². The highest BCUT2D eigenvalue weighted by atomic mass is 32.2. The second kappa shape index (κ2) is 6.29. The Hall–Kier alpha value is -0.940. The SMILES string of the molecule is CCS(=O)(=O)CCCC(O)c1cccc(C)c1F. The maximum atomic E-state index is 13.7. The molecule has 5 heteroatoms. The van der Waals surface area contributed by atoms with Crippen molar-refractivity contribution in [3.05, 3.63) is 35.1 Å². The minimum absolute atomic E-state index is 0.0357. The molecular weight excluding hydrogens is 255 g/mol. The van der Waals surface area contributed by atoms with Crippen molar-refractivity contribution < 1.29 is 17.9 Å². The van der Waals surface area contributed by atoms with Gasteiger partial charge in [-0.25, -0.2) is 12.8 Å². The van der Waals surface area contributed by atoms with E-state index in [1.54, 1.807) is 26.0 Å². The molecule has 1 aromatic rings. The van der Waals surface area contributed by atoms with Gasteiger partial charge in [-0.3, -0.25) is 0 Å². The van der Waals surface area contributed by atoms with E-state index in [2.05, 4.69) is 0 Å². The lowest BCUT2D eigenvalue weighted by Crippen LogP contribution is -2.10. The van der Waals surface area contributed by atoms with Gasteiger partial charge in [0.05, 0.1) is 11.9 Å². The quantitative estimate of drug-likeness (QED) is 0.866. The molecule has 1 aromatic carbocycles. The van der Waals surface area contributed by atoms with Crippen LogP contribution in [0.2, 0.25) is 0 Å². The predicted octanol–water partition coefficient (Wildman–Crippen LogP) is 2.38. The van der Waals surface area contributed by atoms with E-state index in [-0.39, 0.29) is 23.5 Å². The van der Waals surface area contributed by atoms with Crippen LogP contribution >= 0.6 is 0 Å². The van der Waals surface area contributed by atoms with Crippen LogP contribution in [-0.4, -0.2) is 25.0 Å². The third-order valence-electron chi connectivity index (χ3n) is 2.95. The van der Waals surface area contributed by atoms with Crippen LogP contribution in [0.4, 0.5) is 4.39 Å². The van der Waals surface area contributed by atoms with Gasteiger partial charge in [0.1, 0.15) is 15.7 Å². The van der Waals surface area contributed by atoms with Crippen LogP contribution in [0.1, 0.15) is 37.0 Å². The Bertz CT molecular complexity index is 497. The summed E-state index contributed by atoms with van der Waals surface area (Å²) in [5.41, 5.74) is 0.719. The highest BCUT2D eigenvalue weighted by Gasteiger charge is 2.15. The molecule has 3 nitrogen and oxygen atoms in total. The fourth-order valence-electron chi connectivity index (χ4n) is 1.72. The Morgan fingerprint density at radius 2 is 2.06 bits per heavy atom. The summed E-state index contributed by atoms with van der Waals surface area (Å²) in [6.07, 6.45) is -0.360. The number of benzene rings is 1. The molecule has 102 valence electrons. The van der Waals surface area contributed by atoms with E-state index < -0.39 is 21.8 Å².